The van der Waals surface area contributed by atoms with Crippen LogP contribution in [0.25, 0.3) is 0 Å². The number of nitrogens with one attached hydrogen (secondary N) is 1. The van der Waals surface area contributed by atoms with Crippen LogP contribution in [0.15, 0.2) is 48.6 Å². The quantitative estimate of drug-likeness (QED) is 0.0204. The van der Waals surface area contributed by atoms with Gasteiger partial charge in [0, 0.05) is 6.42 Å². The zero-order chi connectivity index (χ0) is 66.6. The van der Waals surface area contributed by atoms with Crippen LogP contribution in [0.5, 0.6) is 0 Å². The highest BCUT2D eigenvalue weighted by Crippen LogP contribution is 2.30. The van der Waals surface area contributed by atoms with Crippen molar-refractivity contribution >= 4 is 5.91 Å². The highest BCUT2D eigenvalue weighted by Gasteiger charge is 2.51. The molecule has 0 spiro atoms. The van der Waals surface area contributed by atoms with E-state index in [0.717, 1.165) is 44.9 Å². The van der Waals surface area contributed by atoms with Crippen molar-refractivity contribution in [1.29, 1.82) is 0 Å². The molecular weight excluding hydrogens is 1160 g/mol. The number of aliphatic hydroxyl groups is 8. The van der Waals surface area contributed by atoms with Gasteiger partial charge in [0.05, 0.1) is 32.0 Å². The Hall–Kier alpha value is -2.05. The van der Waals surface area contributed by atoms with Crippen molar-refractivity contribution in [2.75, 3.05) is 19.8 Å². The smallest absolute Gasteiger partial charge is 0.220 e. The first-order valence-corrected chi connectivity index (χ1v) is 38.9. The van der Waals surface area contributed by atoms with E-state index in [0.29, 0.717) is 12.8 Å². The Morgan fingerprint density at radius 3 is 1.07 bits per heavy atom. The molecule has 0 aromatic heterocycles. The second kappa shape index (κ2) is 62.5. The van der Waals surface area contributed by atoms with Crippen LogP contribution in [-0.4, -0.2) is 140 Å². The average molecular weight is 1310 g/mol. The third kappa shape index (κ3) is 45.5. The average Bonchev–Trinajstić information content (AvgIpc) is 0.830. The minimum Gasteiger partial charge on any atom is -0.394 e. The first-order chi connectivity index (χ1) is 45.1. The molecule has 0 saturated carbocycles. The van der Waals surface area contributed by atoms with Gasteiger partial charge in [-0.3, -0.25) is 4.79 Å². The predicted molar refractivity (Wildman–Crippen MR) is 378 cm³/mol. The molecule has 2 rings (SSSR count). The number of rotatable bonds is 65. The van der Waals surface area contributed by atoms with E-state index in [9.17, 15) is 45.6 Å². The van der Waals surface area contributed by atoms with Gasteiger partial charge in [0.2, 0.25) is 5.91 Å². The maximum atomic E-state index is 13.4. The number of allylic oxidation sites excluding steroid dienone is 7. The summed E-state index contributed by atoms with van der Waals surface area (Å²) in [4.78, 5) is 13.4. The van der Waals surface area contributed by atoms with Gasteiger partial charge >= 0.3 is 0 Å². The standard InChI is InChI=1S/C78H145NO13/c1-3-5-7-9-11-13-15-17-19-21-23-25-27-28-29-30-31-32-33-34-35-36-37-38-40-42-44-46-48-50-52-54-56-58-60-62-70(83)79-66(65-89-77-75(88)73(86)76(69(64-81)91-77)92-78-74(87)72(85)71(84)68(63-80)90-78)67(82)61-59-57-55-53-51-49-47-45-43-41-39-26-24-22-20-18-16-14-12-10-8-6-4-2/h21,23,43,45,51,53,59,61,66-69,71-78,80-82,84-88H,3-20,22,24-42,44,46-50,52,54-58,60,62-65H2,1-2H3,(H,79,83)/b23-21-,45-43+,53-51+,61-59+. The first-order valence-electron chi connectivity index (χ1n) is 38.9. The van der Waals surface area contributed by atoms with Gasteiger partial charge in [-0.1, -0.05) is 319 Å². The lowest BCUT2D eigenvalue weighted by atomic mass is 9.97. The lowest BCUT2D eigenvalue weighted by Crippen LogP contribution is -2.65. The van der Waals surface area contributed by atoms with Crippen LogP contribution in [0.1, 0.15) is 348 Å². The van der Waals surface area contributed by atoms with E-state index in [4.69, 9.17) is 18.9 Å². The summed E-state index contributed by atoms with van der Waals surface area (Å²) in [6, 6.07) is -0.939. The lowest BCUT2D eigenvalue weighted by molar-refractivity contribution is -0.359. The van der Waals surface area contributed by atoms with E-state index >= 15 is 0 Å². The Balaban J connectivity index is 1.62. The highest BCUT2D eigenvalue weighted by atomic mass is 16.7. The van der Waals surface area contributed by atoms with Crippen molar-refractivity contribution in [1.82, 2.24) is 5.32 Å². The normalized spacial score (nSPS) is 22.9. The largest absolute Gasteiger partial charge is 0.394 e. The molecule has 0 radical (unpaired) electrons. The molecule has 0 aromatic rings. The molecule has 2 fully saturated rings. The van der Waals surface area contributed by atoms with Crippen molar-refractivity contribution < 1.29 is 64.6 Å². The zero-order valence-electron chi connectivity index (χ0n) is 59.1. The lowest BCUT2D eigenvalue weighted by Gasteiger charge is -2.46. The summed E-state index contributed by atoms with van der Waals surface area (Å²) in [6.45, 7) is 2.82. The van der Waals surface area contributed by atoms with Crippen molar-refractivity contribution in [2.24, 2.45) is 0 Å². The van der Waals surface area contributed by atoms with Crippen LogP contribution in [0.4, 0.5) is 0 Å². The monoisotopic (exact) mass is 1300 g/mol. The fourth-order valence-electron chi connectivity index (χ4n) is 12.8. The number of carbonyl (C=O) groups is 1. The molecule has 1 amide bonds. The molecule has 2 heterocycles. The summed E-state index contributed by atoms with van der Waals surface area (Å²) in [5.74, 6) is -0.247. The van der Waals surface area contributed by atoms with E-state index < -0.39 is 86.8 Å². The number of hydrogen-bond acceptors (Lipinski definition) is 13. The molecule has 0 bridgehead atoms. The topological polar surface area (TPSA) is 228 Å². The summed E-state index contributed by atoms with van der Waals surface area (Å²) >= 11 is 0. The Morgan fingerprint density at radius 2 is 0.696 bits per heavy atom. The van der Waals surface area contributed by atoms with Gasteiger partial charge in [-0.05, 0) is 70.6 Å². The molecule has 12 atom stereocenters. The molecule has 14 heteroatoms. The molecular formula is C78H145NO13. The second-order valence-electron chi connectivity index (χ2n) is 27.5. The number of ether oxygens (including phenoxy) is 4. The summed E-state index contributed by atoms with van der Waals surface area (Å²) in [6.07, 6.45) is 66.3. The number of unbranched alkanes of at least 4 members (excludes halogenated alkanes) is 46. The molecule has 0 aromatic carbocycles. The number of aliphatic hydroxyl groups excluding tert-OH is 8. The van der Waals surface area contributed by atoms with Crippen molar-refractivity contribution in [3.8, 4) is 0 Å². The highest BCUT2D eigenvalue weighted by molar-refractivity contribution is 5.76. The van der Waals surface area contributed by atoms with E-state index in [2.05, 4.69) is 55.6 Å². The molecule has 14 nitrogen and oxygen atoms in total. The van der Waals surface area contributed by atoms with Gasteiger partial charge in [-0.2, -0.15) is 0 Å². The Kier molecular flexibility index (Phi) is 58.4. The summed E-state index contributed by atoms with van der Waals surface area (Å²) in [5, 5.41) is 87.5. The van der Waals surface area contributed by atoms with Crippen LogP contribution < -0.4 is 5.32 Å². The minimum absolute atomic E-state index is 0.247. The van der Waals surface area contributed by atoms with Gasteiger partial charge in [0.25, 0.3) is 0 Å². The first kappa shape index (κ1) is 86.0. The fraction of sp³-hybridized carbons (Fsp3) is 0.885. The minimum atomic E-state index is -1.79. The molecule has 12 unspecified atom stereocenters. The molecule has 2 aliphatic heterocycles. The molecule has 0 aliphatic carbocycles. The zero-order valence-corrected chi connectivity index (χ0v) is 59.1. The Morgan fingerprint density at radius 1 is 0.380 bits per heavy atom. The second-order valence-corrected chi connectivity index (χ2v) is 27.5. The molecule has 9 N–H and O–H groups in total. The SMILES string of the molecule is CCCCCCCCCC/C=C\CCCCCCCCCCCCCCCCCCCCCCCCCC(=O)NC(COC1OC(CO)C(OC2OC(CO)C(O)C(O)C2O)C(O)C1O)C(O)/C=C/CC/C=C/CC/C=C/CCCCCCCCCCCCCCC. The number of carbonyl (C=O) groups excluding carboxylic acids is 1. The number of amides is 1. The van der Waals surface area contributed by atoms with Crippen LogP contribution in [0, 0.1) is 0 Å². The number of hydrogen-bond donors (Lipinski definition) is 9. The summed E-state index contributed by atoms with van der Waals surface area (Å²) in [5.41, 5.74) is 0. The van der Waals surface area contributed by atoms with Crippen LogP contribution in [-0.2, 0) is 23.7 Å². The Bertz CT molecular complexity index is 1730. The fourth-order valence-corrected chi connectivity index (χ4v) is 12.8. The third-order valence-electron chi connectivity index (χ3n) is 19.0. The summed E-state index contributed by atoms with van der Waals surface area (Å²) < 4.78 is 22.9. The van der Waals surface area contributed by atoms with E-state index in [1.807, 2.05) is 6.08 Å². The van der Waals surface area contributed by atoms with Gasteiger partial charge in [0.1, 0.15) is 48.8 Å². The van der Waals surface area contributed by atoms with Crippen LogP contribution in [0.2, 0.25) is 0 Å². The van der Waals surface area contributed by atoms with Crippen molar-refractivity contribution in [3.05, 3.63) is 48.6 Å². The molecule has 540 valence electrons. The van der Waals surface area contributed by atoms with Crippen LogP contribution >= 0.6 is 0 Å². The molecule has 2 saturated heterocycles. The maximum absolute atomic E-state index is 13.4. The van der Waals surface area contributed by atoms with Gasteiger partial charge < -0.3 is 65.1 Å². The summed E-state index contributed by atoms with van der Waals surface area (Å²) in [7, 11) is 0. The van der Waals surface area contributed by atoms with Gasteiger partial charge in [0.15, 0.2) is 12.6 Å². The maximum Gasteiger partial charge on any atom is 0.220 e. The third-order valence-corrected chi connectivity index (χ3v) is 19.0. The van der Waals surface area contributed by atoms with Crippen LogP contribution in [0.3, 0.4) is 0 Å². The van der Waals surface area contributed by atoms with E-state index in [1.165, 1.54) is 270 Å². The predicted octanol–water partition coefficient (Wildman–Crippen LogP) is 17.0. The molecule has 92 heavy (non-hydrogen) atoms. The van der Waals surface area contributed by atoms with E-state index in [-0.39, 0.29) is 18.9 Å². The van der Waals surface area contributed by atoms with E-state index in [1.54, 1.807) is 6.08 Å². The Labute approximate surface area is 563 Å². The molecule has 2 aliphatic rings. The van der Waals surface area contributed by atoms with Gasteiger partial charge in [-0.25, -0.2) is 0 Å². The van der Waals surface area contributed by atoms with Crippen molar-refractivity contribution in [3.63, 3.8) is 0 Å². The van der Waals surface area contributed by atoms with Gasteiger partial charge in [-0.15, -0.1) is 0 Å². The van der Waals surface area contributed by atoms with Crippen molar-refractivity contribution in [2.45, 2.75) is 421 Å².